The molecule has 20 heavy (non-hydrogen) atoms. The zero-order valence-corrected chi connectivity index (χ0v) is 11.8. The molecule has 1 aliphatic heterocycles. The van der Waals surface area contributed by atoms with Crippen molar-refractivity contribution in [2.24, 2.45) is 0 Å². The van der Waals surface area contributed by atoms with Crippen molar-refractivity contribution in [1.82, 2.24) is 4.90 Å². The molecule has 4 nitrogen and oxygen atoms in total. The van der Waals surface area contributed by atoms with Crippen LogP contribution in [-0.4, -0.2) is 31.1 Å². The van der Waals surface area contributed by atoms with Gasteiger partial charge in [0.05, 0.1) is 7.11 Å². The number of likely N-dealkylation sites (tertiary alicyclic amines) is 1. The molecule has 106 valence electrons. The molecule has 1 aromatic rings. The van der Waals surface area contributed by atoms with Gasteiger partial charge in [-0.15, -0.1) is 0 Å². The predicted octanol–water partition coefficient (Wildman–Crippen LogP) is 3.41. The van der Waals surface area contributed by atoms with E-state index in [0.717, 1.165) is 37.4 Å². The summed E-state index contributed by atoms with van der Waals surface area (Å²) >= 11 is 0. The number of piperidine rings is 1. The molecule has 1 aliphatic carbocycles. The number of nitrogens with zero attached hydrogens (tertiary/aromatic N) is 1. The van der Waals surface area contributed by atoms with Crippen molar-refractivity contribution in [3.05, 3.63) is 35.4 Å². The van der Waals surface area contributed by atoms with Gasteiger partial charge in [0.2, 0.25) is 0 Å². The molecular formula is C16H20N2O2. The minimum Gasteiger partial charge on any atom is -0.497 e. The molecule has 0 bridgehead atoms. The summed E-state index contributed by atoms with van der Waals surface area (Å²) in [6, 6.07) is 7.44. The number of carbonyl (C=O) groups is 1. The SMILES string of the molecule is COc1cccc(NC(=O)N2CCC(=C3CC3)CC2)c1. The molecule has 0 atom stereocenters. The van der Waals surface area contributed by atoms with Crippen molar-refractivity contribution in [2.75, 3.05) is 25.5 Å². The first kappa shape index (κ1) is 13.0. The number of hydrogen-bond acceptors (Lipinski definition) is 2. The highest BCUT2D eigenvalue weighted by Crippen LogP contribution is 2.36. The summed E-state index contributed by atoms with van der Waals surface area (Å²) in [5.74, 6) is 0.752. The number of allylic oxidation sites excluding steroid dienone is 1. The minimum atomic E-state index is -0.0156. The maximum atomic E-state index is 12.2. The second kappa shape index (κ2) is 5.57. The zero-order valence-electron chi connectivity index (χ0n) is 11.8. The van der Waals surface area contributed by atoms with Crippen molar-refractivity contribution in [3.8, 4) is 5.75 Å². The van der Waals surface area contributed by atoms with Crippen LogP contribution in [0.3, 0.4) is 0 Å². The number of ether oxygens (including phenoxy) is 1. The van der Waals surface area contributed by atoms with Crippen LogP contribution in [-0.2, 0) is 0 Å². The first-order chi connectivity index (χ1) is 9.76. The highest BCUT2D eigenvalue weighted by Gasteiger charge is 2.24. The maximum absolute atomic E-state index is 12.2. The van der Waals surface area contributed by atoms with E-state index in [1.807, 2.05) is 29.2 Å². The highest BCUT2D eigenvalue weighted by atomic mass is 16.5. The van der Waals surface area contributed by atoms with Crippen LogP contribution in [0.1, 0.15) is 25.7 Å². The Balaban J connectivity index is 1.58. The molecule has 2 fully saturated rings. The number of methoxy groups -OCH3 is 1. The molecular weight excluding hydrogens is 252 g/mol. The molecule has 1 aromatic carbocycles. The topological polar surface area (TPSA) is 41.6 Å². The van der Waals surface area contributed by atoms with E-state index in [9.17, 15) is 4.79 Å². The summed E-state index contributed by atoms with van der Waals surface area (Å²) in [5, 5.41) is 2.94. The quantitative estimate of drug-likeness (QED) is 0.838. The Labute approximate surface area is 119 Å². The number of carbonyl (C=O) groups excluding carboxylic acids is 1. The Morgan fingerprint density at radius 3 is 2.50 bits per heavy atom. The van der Waals surface area contributed by atoms with E-state index in [2.05, 4.69) is 5.32 Å². The predicted molar refractivity (Wildman–Crippen MR) is 79.1 cm³/mol. The third kappa shape index (κ3) is 2.95. The fraction of sp³-hybridized carbons (Fsp3) is 0.438. The Bertz CT molecular complexity index is 535. The molecule has 0 radical (unpaired) electrons. The molecule has 1 saturated heterocycles. The van der Waals surface area contributed by atoms with Gasteiger partial charge in [0.25, 0.3) is 0 Å². The summed E-state index contributed by atoms with van der Waals surface area (Å²) in [7, 11) is 1.62. The molecule has 0 aromatic heterocycles. The van der Waals surface area contributed by atoms with E-state index < -0.39 is 0 Å². The van der Waals surface area contributed by atoms with Gasteiger partial charge in [0.1, 0.15) is 5.75 Å². The van der Waals surface area contributed by atoms with E-state index in [-0.39, 0.29) is 6.03 Å². The number of anilines is 1. The maximum Gasteiger partial charge on any atom is 0.321 e. The van der Waals surface area contributed by atoms with Crippen molar-refractivity contribution in [1.29, 1.82) is 0 Å². The second-order valence-electron chi connectivity index (χ2n) is 5.36. The third-order valence-electron chi connectivity index (χ3n) is 3.98. The first-order valence-electron chi connectivity index (χ1n) is 7.16. The van der Waals surface area contributed by atoms with Gasteiger partial charge in [-0.25, -0.2) is 4.79 Å². The van der Waals surface area contributed by atoms with E-state index >= 15 is 0 Å². The van der Waals surface area contributed by atoms with Gasteiger partial charge in [0, 0.05) is 24.8 Å². The van der Waals surface area contributed by atoms with Crippen molar-refractivity contribution in [2.45, 2.75) is 25.7 Å². The van der Waals surface area contributed by atoms with Crippen LogP contribution in [0.2, 0.25) is 0 Å². The molecule has 1 heterocycles. The highest BCUT2D eigenvalue weighted by molar-refractivity contribution is 5.89. The monoisotopic (exact) mass is 272 g/mol. The number of nitrogens with one attached hydrogen (secondary N) is 1. The molecule has 4 heteroatoms. The molecule has 0 unspecified atom stereocenters. The average Bonchev–Trinajstić information content (AvgIpc) is 3.32. The average molecular weight is 272 g/mol. The molecule has 0 spiro atoms. The molecule has 3 rings (SSSR count). The van der Waals surface area contributed by atoms with Gasteiger partial charge in [-0.1, -0.05) is 17.2 Å². The normalized spacial score (nSPS) is 17.9. The number of amides is 2. The fourth-order valence-corrected chi connectivity index (χ4v) is 2.65. The Morgan fingerprint density at radius 1 is 1.15 bits per heavy atom. The largest absolute Gasteiger partial charge is 0.497 e. The van der Waals surface area contributed by atoms with Crippen LogP contribution in [0.5, 0.6) is 5.75 Å². The van der Waals surface area contributed by atoms with Crippen molar-refractivity contribution < 1.29 is 9.53 Å². The lowest BCUT2D eigenvalue weighted by Crippen LogP contribution is -2.39. The Morgan fingerprint density at radius 2 is 1.85 bits per heavy atom. The summed E-state index contributed by atoms with van der Waals surface area (Å²) in [6.45, 7) is 1.66. The van der Waals surface area contributed by atoms with E-state index in [0.29, 0.717) is 0 Å². The number of urea groups is 1. The summed E-state index contributed by atoms with van der Waals surface area (Å²) in [6.07, 6.45) is 4.65. The van der Waals surface area contributed by atoms with Crippen molar-refractivity contribution in [3.63, 3.8) is 0 Å². The van der Waals surface area contributed by atoms with Crippen LogP contribution in [0.15, 0.2) is 35.4 Å². The lowest BCUT2D eigenvalue weighted by molar-refractivity contribution is 0.207. The standard InChI is InChI=1S/C16H20N2O2/c1-20-15-4-2-3-14(11-15)17-16(19)18-9-7-13(8-10-18)12-5-6-12/h2-4,11H,5-10H2,1H3,(H,17,19). The van der Waals surface area contributed by atoms with E-state index in [1.54, 1.807) is 18.3 Å². The van der Waals surface area contributed by atoms with Gasteiger partial charge in [-0.05, 0) is 37.8 Å². The number of rotatable bonds is 2. The number of hydrogen-bond donors (Lipinski definition) is 1. The van der Waals surface area contributed by atoms with Gasteiger partial charge in [-0.2, -0.15) is 0 Å². The zero-order chi connectivity index (χ0) is 13.9. The van der Waals surface area contributed by atoms with Gasteiger partial charge >= 0.3 is 6.03 Å². The van der Waals surface area contributed by atoms with Crippen LogP contribution in [0, 0.1) is 0 Å². The second-order valence-corrected chi connectivity index (χ2v) is 5.36. The molecule has 1 saturated carbocycles. The summed E-state index contributed by atoms with van der Waals surface area (Å²) in [4.78, 5) is 14.1. The van der Waals surface area contributed by atoms with E-state index in [4.69, 9.17) is 4.74 Å². The van der Waals surface area contributed by atoms with E-state index in [1.165, 1.54) is 12.8 Å². The van der Waals surface area contributed by atoms with Gasteiger partial charge in [-0.3, -0.25) is 0 Å². The lowest BCUT2D eigenvalue weighted by atomic mass is 10.0. The smallest absolute Gasteiger partial charge is 0.321 e. The van der Waals surface area contributed by atoms with Crippen LogP contribution >= 0.6 is 0 Å². The van der Waals surface area contributed by atoms with Crippen LogP contribution < -0.4 is 10.1 Å². The first-order valence-corrected chi connectivity index (χ1v) is 7.16. The van der Waals surface area contributed by atoms with Gasteiger partial charge in [0.15, 0.2) is 0 Å². The van der Waals surface area contributed by atoms with Crippen molar-refractivity contribution >= 4 is 11.7 Å². The Hall–Kier alpha value is -1.97. The number of benzene rings is 1. The fourth-order valence-electron chi connectivity index (χ4n) is 2.65. The Kier molecular flexibility index (Phi) is 3.63. The summed E-state index contributed by atoms with van der Waals surface area (Å²) < 4.78 is 5.16. The molecule has 2 aliphatic rings. The summed E-state index contributed by atoms with van der Waals surface area (Å²) in [5.41, 5.74) is 4.01. The van der Waals surface area contributed by atoms with Gasteiger partial charge < -0.3 is 15.0 Å². The molecule has 2 amide bonds. The minimum absolute atomic E-state index is 0.0156. The van der Waals surface area contributed by atoms with Crippen LogP contribution in [0.25, 0.3) is 0 Å². The molecule has 1 N–H and O–H groups in total. The lowest BCUT2D eigenvalue weighted by Gasteiger charge is -2.28. The van der Waals surface area contributed by atoms with Crippen LogP contribution in [0.4, 0.5) is 10.5 Å². The third-order valence-corrected chi connectivity index (χ3v) is 3.98.